The molecule has 7 heteroatoms. The molecule has 30 heavy (non-hydrogen) atoms. The summed E-state index contributed by atoms with van der Waals surface area (Å²) in [6, 6.07) is 6.48. The van der Waals surface area contributed by atoms with Crippen LogP contribution in [0, 0.1) is 0 Å². The van der Waals surface area contributed by atoms with Gasteiger partial charge in [-0.3, -0.25) is 4.90 Å². The van der Waals surface area contributed by atoms with Gasteiger partial charge in [0.15, 0.2) is 11.0 Å². The van der Waals surface area contributed by atoms with Gasteiger partial charge in [0.2, 0.25) is 6.33 Å². The van der Waals surface area contributed by atoms with Crippen LogP contribution in [0.5, 0.6) is 0 Å². The van der Waals surface area contributed by atoms with E-state index in [0.717, 1.165) is 55.1 Å². The first-order valence-corrected chi connectivity index (χ1v) is 11.8. The van der Waals surface area contributed by atoms with E-state index in [4.69, 9.17) is 11.6 Å². The average Bonchev–Trinajstić information content (AvgIpc) is 3.15. The zero-order valence-corrected chi connectivity index (χ0v) is 18.3. The number of hydrogen-bond donors (Lipinski definition) is 1. The molecule has 5 rings (SSSR count). The van der Waals surface area contributed by atoms with Crippen LogP contribution in [0.15, 0.2) is 29.3 Å². The van der Waals surface area contributed by atoms with E-state index in [0.29, 0.717) is 10.5 Å². The van der Waals surface area contributed by atoms with E-state index in [-0.39, 0.29) is 5.56 Å². The molecule has 1 saturated carbocycles. The van der Waals surface area contributed by atoms with Crippen LogP contribution in [-0.2, 0) is 6.54 Å². The number of nitrogens with one attached hydrogen (secondary N) is 2. The molecule has 1 aliphatic heterocycles. The fourth-order valence-electron chi connectivity index (χ4n) is 5.25. The van der Waals surface area contributed by atoms with Gasteiger partial charge in [-0.05, 0) is 37.5 Å². The highest BCUT2D eigenvalue weighted by molar-refractivity contribution is 6.31. The van der Waals surface area contributed by atoms with E-state index in [9.17, 15) is 4.79 Å². The van der Waals surface area contributed by atoms with Crippen molar-refractivity contribution in [1.82, 2.24) is 19.4 Å². The van der Waals surface area contributed by atoms with Crippen molar-refractivity contribution in [3.63, 3.8) is 0 Å². The first kappa shape index (κ1) is 20.0. The molecule has 2 fully saturated rings. The lowest BCUT2D eigenvalue weighted by atomic mass is 9.94. The smallest absolute Gasteiger partial charge is 0.345 e. The maximum atomic E-state index is 12.9. The SMILES string of the molecule is O=c1c2[nH]c3ccc(Cl)cc3c2[nH+]cn1CCCN1CCN(C2CCCCC2)CC1. The first-order chi connectivity index (χ1) is 14.7. The first-order valence-electron chi connectivity index (χ1n) is 11.4. The number of aromatic nitrogens is 3. The van der Waals surface area contributed by atoms with Gasteiger partial charge in [0.05, 0.1) is 12.1 Å². The van der Waals surface area contributed by atoms with Crippen molar-refractivity contribution in [3.8, 4) is 0 Å². The number of benzene rings is 1. The average molecular weight is 429 g/mol. The summed E-state index contributed by atoms with van der Waals surface area (Å²) in [6.07, 6.45) is 9.80. The molecule has 0 amide bonds. The van der Waals surface area contributed by atoms with Crippen LogP contribution < -0.4 is 10.5 Å². The predicted molar refractivity (Wildman–Crippen MR) is 121 cm³/mol. The molecule has 0 spiro atoms. The predicted octanol–water partition coefficient (Wildman–Crippen LogP) is 3.29. The van der Waals surface area contributed by atoms with Crippen molar-refractivity contribution in [3.05, 3.63) is 39.9 Å². The summed E-state index contributed by atoms with van der Waals surface area (Å²) in [5, 5.41) is 1.63. The third kappa shape index (κ3) is 4.01. The number of rotatable bonds is 5. The van der Waals surface area contributed by atoms with E-state index in [2.05, 4.69) is 19.8 Å². The molecule has 6 nitrogen and oxygen atoms in total. The van der Waals surface area contributed by atoms with Crippen molar-refractivity contribution in [2.45, 2.75) is 51.1 Å². The number of nitrogens with zero attached hydrogens (tertiary/aromatic N) is 3. The van der Waals surface area contributed by atoms with Crippen LogP contribution in [0.3, 0.4) is 0 Å². The van der Waals surface area contributed by atoms with Gasteiger partial charge >= 0.3 is 5.56 Å². The second-order valence-corrected chi connectivity index (χ2v) is 9.30. The highest BCUT2D eigenvalue weighted by Crippen LogP contribution is 2.24. The second-order valence-electron chi connectivity index (χ2n) is 8.86. The lowest BCUT2D eigenvalue weighted by Gasteiger charge is -2.40. The van der Waals surface area contributed by atoms with Gasteiger partial charge < -0.3 is 9.88 Å². The normalized spacial score (nSPS) is 19.8. The summed E-state index contributed by atoms with van der Waals surface area (Å²) in [4.78, 5) is 24.8. The topological polar surface area (TPSA) is 58.4 Å². The van der Waals surface area contributed by atoms with Gasteiger partial charge in [0, 0.05) is 49.2 Å². The van der Waals surface area contributed by atoms with Gasteiger partial charge in [-0.25, -0.2) is 9.78 Å². The van der Waals surface area contributed by atoms with E-state index < -0.39 is 0 Å². The Morgan fingerprint density at radius 3 is 2.67 bits per heavy atom. The molecule has 2 aliphatic rings. The molecule has 2 aromatic heterocycles. The molecule has 0 radical (unpaired) electrons. The number of fused-ring (bicyclic) bond motifs is 3. The summed E-state index contributed by atoms with van der Waals surface area (Å²) in [5.41, 5.74) is 2.40. The van der Waals surface area contributed by atoms with Crippen molar-refractivity contribution in [2.24, 2.45) is 0 Å². The molecule has 1 saturated heterocycles. The second kappa shape index (κ2) is 8.69. The van der Waals surface area contributed by atoms with Crippen molar-refractivity contribution in [1.29, 1.82) is 0 Å². The molecule has 0 unspecified atom stereocenters. The Morgan fingerprint density at radius 2 is 1.87 bits per heavy atom. The summed E-state index contributed by atoms with van der Waals surface area (Å²) in [6.45, 7) is 6.47. The Balaban J connectivity index is 1.18. The van der Waals surface area contributed by atoms with E-state index in [1.807, 2.05) is 18.2 Å². The van der Waals surface area contributed by atoms with Crippen LogP contribution in [0.2, 0.25) is 5.02 Å². The lowest BCUT2D eigenvalue weighted by Crippen LogP contribution is -2.51. The number of aryl methyl sites for hydroxylation is 1. The monoisotopic (exact) mass is 428 g/mol. The molecule has 160 valence electrons. The summed E-state index contributed by atoms with van der Waals surface area (Å²) < 4.78 is 1.79. The zero-order chi connectivity index (χ0) is 20.5. The lowest BCUT2D eigenvalue weighted by molar-refractivity contribution is -0.352. The quantitative estimate of drug-likeness (QED) is 0.678. The molecule has 3 heterocycles. The molecule has 1 aromatic carbocycles. The van der Waals surface area contributed by atoms with Gasteiger partial charge in [0.25, 0.3) is 0 Å². The van der Waals surface area contributed by atoms with Crippen molar-refractivity contribution in [2.75, 3.05) is 32.7 Å². The number of hydrogen-bond acceptors (Lipinski definition) is 3. The Bertz CT molecular complexity index is 1080. The highest BCUT2D eigenvalue weighted by Gasteiger charge is 2.25. The molecular weight excluding hydrogens is 398 g/mol. The summed E-state index contributed by atoms with van der Waals surface area (Å²) in [7, 11) is 0. The zero-order valence-electron chi connectivity index (χ0n) is 17.5. The van der Waals surface area contributed by atoms with Crippen LogP contribution in [0.1, 0.15) is 38.5 Å². The van der Waals surface area contributed by atoms with Crippen LogP contribution in [0.4, 0.5) is 0 Å². The van der Waals surface area contributed by atoms with Gasteiger partial charge in [-0.2, -0.15) is 4.57 Å². The summed E-state index contributed by atoms with van der Waals surface area (Å²) >= 11 is 6.12. The standard InChI is InChI=1S/C23H30ClN5O/c24-17-7-8-20-19(15-17)21-22(26-20)23(30)29(16-25-21)10-4-9-27-11-13-28(14-12-27)18-5-2-1-3-6-18/h7-8,15-16,18,26H,1-6,9-14H2/p+1. The van der Waals surface area contributed by atoms with Crippen molar-refractivity contribution >= 4 is 33.5 Å². The van der Waals surface area contributed by atoms with E-state index >= 15 is 0 Å². The van der Waals surface area contributed by atoms with Crippen LogP contribution >= 0.6 is 11.6 Å². The maximum Gasteiger partial charge on any atom is 0.361 e. The maximum absolute atomic E-state index is 12.9. The largest absolute Gasteiger partial charge is 0.361 e. The molecule has 1 aliphatic carbocycles. The van der Waals surface area contributed by atoms with Gasteiger partial charge in [0.1, 0.15) is 0 Å². The minimum Gasteiger partial charge on any atom is -0.345 e. The van der Waals surface area contributed by atoms with Crippen LogP contribution in [0.25, 0.3) is 21.9 Å². The Labute approximate surface area is 181 Å². The third-order valence-electron chi connectivity index (χ3n) is 6.97. The summed E-state index contributed by atoms with van der Waals surface area (Å²) in [5.74, 6) is 0. The fraction of sp³-hybridized carbons (Fsp3) is 0.565. The Kier molecular flexibility index (Phi) is 5.81. The number of aromatic amines is 2. The van der Waals surface area contributed by atoms with E-state index in [1.165, 1.54) is 45.2 Å². The molecule has 0 atom stereocenters. The van der Waals surface area contributed by atoms with Crippen LogP contribution in [-0.4, -0.2) is 58.1 Å². The number of piperazine rings is 1. The highest BCUT2D eigenvalue weighted by atomic mass is 35.5. The van der Waals surface area contributed by atoms with Crippen molar-refractivity contribution < 1.29 is 4.98 Å². The molecular formula is C23H31ClN5O+. The van der Waals surface area contributed by atoms with Gasteiger partial charge in [-0.1, -0.05) is 30.9 Å². The molecule has 2 N–H and O–H groups in total. The third-order valence-corrected chi connectivity index (χ3v) is 7.21. The minimum atomic E-state index is 0.0261. The fourth-order valence-corrected chi connectivity index (χ4v) is 5.42. The molecule has 0 bridgehead atoms. The number of halogens is 1. The minimum absolute atomic E-state index is 0.0261. The Hall–Kier alpha value is -1.89. The van der Waals surface area contributed by atoms with Gasteiger partial charge in [-0.15, -0.1) is 0 Å². The Morgan fingerprint density at radius 1 is 1.07 bits per heavy atom. The number of H-pyrrole nitrogens is 2. The van der Waals surface area contributed by atoms with E-state index in [1.54, 1.807) is 10.9 Å². The molecule has 3 aromatic rings.